The molecule has 0 aromatic heterocycles. The Morgan fingerprint density at radius 3 is 1.65 bits per heavy atom. The highest BCUT2D eigenvalue weighted by atomic mass is 16.4. The molecule has 2 atom stereocenters. The smallest absolute Gasteiger partial charge is 0.307 e. The van der Waals surface area contributed by atoms with Gasteiger partial charge in [0.2, 0.25) is 5.91 Å². The van der Waals surface area contributed by atoms with Gasteiger partial charge in [-0.05, 0) is 0 Å². The van der Waals surface area contributed by atoms with E-state index in [1.165, 1.54) is 0 Å². The standard InChI is InChI=1S/C8H12N2O7/c9-10-5(11)1-3(7(14)15)4(8(16)17)2-6(12)13/h3-4H,1-2,9H2,(H,10,11)(H,12,13)(H,14,15)(H,16,17). The summed E-state index contributed by atoms with van der Waals surface area (Å²) in [7, 11) is 0. The first-order valence-electron chi connectivity index (χ1n) is 4.46. The minimum Gasteiger partial charge on any atom is -0.481 e. The summed E-state index contributed by atoms with van der Waals surface area (Å²) in [6.07, 6.45) is -1.58. The van der Waals surface area contributed by atoms with Crippen LogP contribution in [0, 0.1) is 11.8 Å². The number of hydrogen-bond acceptors (Lipinski definition) is 5. The highest BCUT2D eigenvalue weighted by molar-refractivity contribution is 5.87. The lowest BCUT2D eigenvalue weighted by Gasteiger charge is -2.17. The molecule has 96 valence electrons. The summed E-state index contributed by atoms with van der Waals surface area (Å²) in [6, 6.07) is 0. The molecule has 0 saturated heterocycles. The van der Waals surface area contributed by atoms with Crippen molar-refractivity contribution in [3.63, 3.8) is 0 Å². The molecule has 6 N–H and O–H groups in total. The van der Waals surface area contributed by atoms with E-state index in [0.29, 0.717) is 0 Å². The molecule has 0 aliphatic carbocycles. The zero-order chi connectivity index (χ0) is 13.6. The van der Waals surface area contributed by atoms with Crippen molar-refractivity contribution in [1.82, 2.24) is 5.43 Å². The van der Waals surface area contributed by atoms with Crippen molar-refractivity contribution in [2.75, 3.05) is 0 Å². The molecular formula is C8H12N2O7. The van der Waals surface area contributed by atoms with Crippen molar-refractivity contribution >= 4 is 23.8 Å². The third-order valence-electron chi connectivity index (χ3n) is 2.08. The largest absolute Gasteiger partial charge is 0.481 e. The number of amides is 1. The van der Waals surface area contributed by atoms with Crippen LogP contribution in [0.15, 0.2) is 0 Å². The van der Waals surface area contributed by atoms with E-state index in [2.05, 4.69) is 0 Å². The fourth-order valence-corrected chi connectivity index (χ4v) is 1.25. The molecule has 17 heavy (non-hydrogen) atoms. The maximum Gasteiger partial charge on any atom is 0.307 e. The van der Waals surface area contributed by atoms with E-state index in [0.717, 1.165) is 0 Å². The van der Waals surface area contributed by atoms with Crippen LogP contribution >= 0.6 is 0 Å². The number of hydrogen-bond donors (Lipinski definition) is 5. The van der Waals surface area contributed by atoms with Gasteiger partial charge in [-0.1, -0.05) is 0 Å². The Hall–Kier alpha value is -2.16. The number of carboxylic acid groups (broad SMARTS) is 3. The second-order valence-corrected chi connectivity index (χ2v) is 3.26. The molecule has 0 heterocycles. The van der Waals surface area contributed by atoms with Gasteiger partial charge in [0.15, 0.2) is 0 Å². The maximum absolute atomic E-state index is 10.9. The average molecular weight is 248 g/mol. The molecule has 0 saturated carbocycles. The molecule has 0 spiro atoms. The van der Waals surface area contributed by atoms with Gasteiger partial charge in [-0.15, -0.1) is 0 Å². The number of nitrogens with two attached hydrogens (primary N) is 1. The molecule has 0 aromatic rings. The third-order valence-corrected chi connectivity index (χ3v) is 2.08. The third kappa shape index (κ3) is 4.93. The highest BCUT2D eigenvalue weighted by Crippen LogP contribution is 2.20. The van der Waals surface area contributed by atoms with Crippen LogP contribution in [-0.2, 0) is 19.2 Å². The number of carboxylic acids is 3. The number of hydrazine groups is 1. The normalized spacial score (nSPS) is 13.5. The predicted molar refractivity (Wildman–Crippen MR) is 51.5 cm³/mol. The Morgan fingerprint density at radius 2 is 1.35 bits per heavy atom. The van der Waals surface area contributed by atoms with Crippen LogP contribution in [0.1, 0.15) is 12.8 Å². The van der Waals surface area contributed by atoms with E-state index in [9.17, 15) is 19.2 Å². The van der Waals surface area contributed by atoms with Crippen molar-refractivity contribution in [1.29, 1.82) is 0 Å². The first kappa shape index (κ1) is 14.8. The SMILES string of the molecule is NNC(=O)CC(C(=O)O)C(CC(=O)O)C(=O)O. The molecule has 0 aliphatic heterocycles. The second-order valence-electron chi connectivity index (χ2n) is 3.26. The van der Waals surface area contributed by atoms with Crippen LogP contribution in [0.5, 0.6) is 0 Å². The summed E-state index contributed by atoms with van der Waals surface area (Å²) < 4.78 is 0. The second kappa shape index (κ2) is 6.43. The molecule has 0 bridgehead atoms. The summed E-state index contributed by atoms with van der Waals surface area (Å²) in [5, 5.41) is 26.0. The van der Waals surface area contributed by atoms with E-state index < -0.39 is 48.5 Å². The van der Waals surface area contributed by atoms with E-state index in [1.807, 2.05) is 0 Å². The molecule has 0 radical (unpaired) electrons. The zero-order valence-corrected chi connectivity index (χ0v) is 8.62. The number of nitrogens with one attached hydrogen (secondary N) is 1. The average Bonchev–Trinajstić information content (AvgIpc) is 2.21. The van der Waals surface area contributed by atoms with Crippen LogP contribution in [0.2, 0.25) is 0 Å². The number of carbonyl (C=O) groups excluding carboxylic acids is 1. The van der Waals surface area contributed by atoms with Crippen LogP contribution < -0.4 is 11.3 Å². The fraction of sp³-hybridized carbons (Fsp3) is 0.500. The van der Waals surface area contributed by atoms with Gasteiger partial charge in [-0.25, -0.2) is 5.84 Å². The summed E-state index contributed by atoms with van der Waals surface area (Å²) in [5.74, 6) is -4.10. The molecule has 1 amide bonds. The molecule has 2 unspecified atom stereocenters. The zero-order valence-electron chi connectivity index (χ0n) is 8.62. The van der Waals surface area contributed by atoms with Crippen LogP contribution in [0.4, 0.5) is 0 Å². The first-order valence-corrected chi connectivity index (χ1v) is 4.46. The van der Waals surface area contributed by atoms with Gasteiger partial charge in [0.05, 0.1) is 18.3 Å². The molecule has 0 fully saturated rings. The van der Waals surface area contributed by atoms with Crippen molar-refractivity contribution in [2.45, 2.75) is 12.8 Å². The van der Waals surface area contributed by atoms with Gasteiger partial charge in [0.25, 0.3) is 0 Å². The van der Waals surface area contributed by atoms with Gasteiger partial charge in [0, 0.05) is 6.42 Å². The van der Waals surface area contributed by atoms with Gasteiger partial charge in [-0.2, -0.15) is 0 Å². The van der Waals surface area contributed by atoms with Gasteiger partial charge >= 0.3 is 17.9 Å². The van der Waals surface area contributed by atoms with Gasteiger partial charge < -0.3 is 15.3 Å². The Kier molecular flexibility index (Phi) is 5.61. The van der Waals surface area contributed by atoms with Crippen LogP contribution in [-0.4, -0.2) is 39.1 Å². The molecule has 9 heteroatoms. The van der Waals surface area contributed by atoms with Gasteiger partial charge in [-0.3, -0.25) is 24.6 Å². The first-order chi connectivity index (χ1) is 7.79. The van der Waals surface area contributed by atoms with Crippen LogP contribution in [0.3, 0.4) is 0 Å². The number of rotatable bonds is 7. The maximum atomic E-state index is 10.9. The lowest BCUT2D eigenvalue weighted by atomic mass is 9.86. The Morgan fingerprint density at radius 1 is 0.941 bits per heavy atom. The monoisotopic (exact) mass is 248 g/mol. The van der Waals surface area contributed by atoms with E-state index >= 15 is 0 Å². The number of carbonyl (C=O) groups is 4. The minimum absolute atomic E-state index is 0.698. The van der Waals surface area contributed by atoms with Crippen molar-refractivity contribution in [3.05, 3.63) is 0 Å². The number of aliphatic carboxylic acids is 3. The van der Waals surface area contributed by atoms with Gasteiger partial charge in [0.1, 0.15) is 0 Å². The summed E-state index contributed by atoms with van der Waals surface area (Å²) in [4.78, 5) is 42.9. The predicted octanol–water partition coefficient (Wildman–Crippen LogP) is -1.76. The van der Waals surface area contributed by atoms with Crippen molar-refractivity contribution < 1.29 is 34.5 Å². The van der Waals surface area contributed by atoms with Crippen molar-refractivity contribution in [2.24, 2.45) is 17.7 Å². The molecule has 0 rings (SSSR count). The van der Waals surface area contributed by atoms with E-state index in [-0.39, 0.29) is 0 Å². The summed E-state index contributed by atoms with van der Waals surface area (Å²) >= 11 is 0. The quantitative estimate of drug-likeness (QED) is 0.200. The fourth-order valence-electron chi connectivity index (χ4n) is 1.25. The lowest BCUT2D eigenvalue weighted by molar-refractivity contribution is -0.158. The molecule has 9 nitrogen and oxygen atoms in total. The summed E-state index contributed by atoms with van der Waals surface area (Å²) in [5.41, 5.74) is 1.65. The summed E-state index contributed by atoms with van der Waals surface area (Å²) in [6.45, 7) is 0. The van der Waals surface area contributed by atoms with Crippen molar-refractivity contribution in [3.8, 4) is 0 Å². The molecule has 0 aromatic carbocycles. The Labute approximate surface area is 95.2 Å². The Bertz CT molecular complexity index is 341. The van der Waals surface area contributed by atoms with E-state index in [4.69, 9.17) is 21.2 Å². The topological polar surface area (TPSA) is 167 Å². The lowest BCUT2D eigenvalue weighted by Crippen LogP contribution is -2.38. The molecule has 0 aliphatic rings. The Balaban J connectivity index is 4.96. The molecular weight excluding hydrogens is 236 g/mol. The van der Waals surface area contributed by atoms with Crippen LogP contribution in [0.25, 0.3) is 0 Å². The minimum atomic E-state index is -1.69. The highest BCUT2D eigenvalue weighted by Gasteiger charge is 2.36. The van der Waals surface area contributed by atoms with E-state index in [1.54, 1.807) is 5.43 Å².